The molecule has 0 atom stereocenters. The van der Waals surface area contributed by atoms with Gasteiger partial charge in [-0.05, 0) is 49.2 Å². The van der Waals surface area contributed by atoms with Crippen LogP contribution in [0.2, 0.25) is 0 Å². The molecule has 0 radical (unpaired) electrons. The van der Waals surface area contributed by atoms with E-state index in [4.69, 9.17) is 9.47 Å². The highest BCUT2D eigenvalue weighted by Crippen LogP contribution is 2.25. The van der Waals surface area contributed by atoms with E-state index in [2.05, 4.69) is 5.10 Å². The van der Waals surface area contributed by atoms with E-state index in [0.29, 0.717) is 22.6 Å². The molecule has 0 spiro atoms. The minimum atomic E-state index is -4.27. The van der Waals surface area contributed by atoms with Gasteiger partial charge in [0.1, 0.15) is 11.5 Å². The molecular formula is C24H28N3O7S-. The van der Waals surface area contributed by atoms with Crippen molar-refractivity contribution in [3.63, 3.8) is 0 Å². The quantitative estimate of drug-likeness (QED) is 0.416. The van der Waals surface area contributed by atoms with Gasteiger partial charge in [-0.3, -0.25) is 4.68 Å². The second-order valence-corrected chi connectivity index (χ2v) is 10.4. The number of aliphatic hydroxyl groups excluding tert-OH is 1. The molecule has 10 nitrogen and oxygen atoms in total. The fourth-order valence-corrected chi connectivity index (χ4v) is 4.73. The summed E-state index contributed by atoms with van der Waals surface area (Å²) in [6, 6.07) is 14.8. The molecule has 2 aromatic carbocycles. The zero-order chi connectivity index (χ0) is 25.8. The van der Waals surface area contributed by atoms with Crippen molar-refractivity contribution in [3.05, 3.63) is 71.4 Å². The van der Waals surface area contributed by atoms with Crippen LogP contribution >= 0.6 is 0 Å². The fourth-order valence-electron chi connectivity index (χ4n) is 3.39. The van der Waals surface area contributed by atoms with E-state index in [0.717, 1.165) is 10.7 Å². The lowest BCUT2D eigenvalue weighted by atomic mass is 10.1. The van der Waals surface area contributed by atoms with Gasteiger partial charge in [-0.2, -0.15) is 9.40 Å². The number of benzene rings is 2. The third kappa shape index (κ3) is 5.81. The standard InChI is InChI=1S/C24H29N3O7S/c1-24(2,16-28)27-21(23(29)30)13-22(25-27)35(31,32)26(14-17-5-9-19(33-3)10-6-17)15-18-7-11-20(34-4)12-8-18/h5-13,28H,14-16H2,1-4H3,(H,29,30)/p-1. The number of aromatic carboxylic acids is 1. The molecule has 0 aliphatic rings. The van der Waals surface area contributed by atoms with Crippen LogP contribution in [0.5, 0.6) is 11.5 Å². The van der Waals surface area contributed by atoms with Gasteiger partial charge >= 0.3 is 0 Å². The SMILES string of the molecule is COc1ccc(CN(Cc2ccc(OC)cc2)S(=O)(=O)c2cc(C(=O)[O-])n(C(C)(C)CO)n2)cc1. The number of carbonyl (C=O) groups is 1. The monoisotopic (exact) mass is 502 g/mol. The lowest BCUT2D eigenvalue weighted by Gasteiger charge is -2.25. The fraction of sp³-hybridized carbons (Fsp3) is 0.333. The van der Waals surface area contributed by atoms with Gasteiger partial charge in [0.05, 0.1) is 38.0 Å². The Morgan fingerprint density at radius 1 is 1.00 bits per heavy atom. The molecule has 0 bridgehead atoms. The minimum Gasteiger partial charge on any atom is -0.543 e. The number of ether oxygens (including phenoxy) is 2. The highest BCUT2D eigenvalue weighted by molar-refractivity contribution is 7.89. The van der Waals surface area contributed by atoms with Crippen LogP contribution in [0.1, 0.15) is 35.5 Å². The van der Waals surface area contributed by atoms with Crippen molar-refractivity contribution in [2.75, 3.05) is 20.8 Å². The van der Waals surface area contributed by atoms with Crippen molar-refractivity contribution in [1.82, 2.24) is 14.1 Å². The summed E-state index contributed by atoms with van der Waals surface area (Å²) in [7, 11) is -1.19. The van der Waals surface area contributed by atoms with Crippen LogP contribution in [0.15, 0.2) is 59.6 Å². The number of hydrogen-bond donors (Lipinski definition) is 1. The number of nitrogens with zero attached hydrogens (tertiary/aromatic N) is 3. The Kier molecular flexibility index (Phi) is 7.83. The highest BCUT2D eigenvalue weighted by Gasteiger charge is 2.32. The van der Waals surface area contributed by atoms with Crippen LogP contribution in [-0.2, 0) is 28.7 Å². The number of carboxylic acid groups (broad SMARTS) is 1. The smallest absolute Gasteiger partial charge is 0.263 e. The molecule has 3 rings (SSSR count). The van der Waals surface area contributed by atoms with E-state index in [1.54, 1.807) is 48.5 Å². The first-order valence-corrected chi connectivity index (χ1v) is 12.1. The molecule has 0 amide bonds. The van der Waals surface area contributed by atoms with Crippen molar-refractivity contribution in [2.45, 2.75) is 37.5 Å². The van der Waals surface area contributed by atoms with Crippen molar-refractivity contribution < 1.29 is 32.9 Å². The predicted octanol–water partition coefficient (Wildman–Crippen LogP) is 1.38. The second-order valence-electron chi connectivity index (χ2n) is 8.51. The van der Waals surface area contributed by atoms with Crippen LogP contribution in [0.4, 0.5) is 0 Å². The lowest BCUT2D eigenvalue weighted by molar-refractivity contribution is -0.256. The Labute approximate surface area is 204 Å². The number of rotatable bonds is 11. The van der Waals surface area contributed by atoms with Crippen molar-refractivity contribution >= 4 is 16.0 Å². The number of carboxylic acids is 1. The molecule has 3 aromatic rings. The number of sulfonamides is 1. The van der Waals surface area contributed by atoms with Crippen LogP contribution in [0, 0.1) is 0 Å². The average Bonchev–Trinajstić information content (AvgIpc) is 3.32. The minimum absolute atomic E-state index is 0.00470. The third-order valence-electron chi connectivity index (χ3n) is 5.50. The zero-order valence-corrected chi connectivity index (χ0v) is 20.8. The molecule has 0 fully saturated rings. The summed E-state index contributed by atoms with van der Waals surface area (Å²) in [6.45, 7) is 2.60. The van der Waals surface area contributed by atoms with Gasteiger partial charge < -0.3 is 24.5 Å². The summed E-state index contributed by atoms with van der Waals surface area (Å²) in [5.74, 6) is -0.346. The maximum absolute atomic E-state index is 13.7. The number of aliphatic hydroxyl groups is 1. The second kappa shape index (κ2) is 10.5. The van der Waals surface area contributed by atoms with Crippen LogP contribution in [0.25, 0.3) is 0 Å². The summed E-state index contributed by atoms with van der Waals surface area (Å²) in [5, 5.41) is 25.0. The first kappa shape index (κ1) is 26.2. The summed E-state index contributed by atoms with van der Waals surface area (Å²) < 4.78 is 39.9. The normalized spacial score (nSPS) is 12.1. The summed E-state index contributed by atoms with van der Waals surface area (Å²) in [5.41, 5.74) is -0.229. The Bertz CT molecular complexity index is 1220. The first-order chi connectivity index (χ1) is 16.5. The van der Waals surface area contributed by atoms with Crippen LogP contribution in [-0.4, -0.2) is 54.4 Å². The first-order valence-electron chi connectivity index (χ1n) is 10.7. The predicted molar refractivity (Wildman–Crippen MR) is 125 cm³/mol. The Balaban J connectivity index is 2.06. The molecule has 1 heterocycles. The van der Waals surface area contributed by atoms with E-state index in [1.807, 2.05) is 0 Å². The van der Waals surface area contributed by atoms with Crippen molar-refractivity contribution in [2.24, 2.45) is 0 Å². The largest absolute Gasteiger partial charge is 0.543 e. The Morgan fingerprint density at radius 3 is 1.83 bits per heavy atom. The molecule has 1 aromatic heterocycles. The molecule has 0 saturated heterocycles. The number of carbonyl (C=O) groups excluding carboxylic acids is 1. The van der Waals surface area contributed by atoms with E-state index in [1.165, 1.54) is 32.4 Å². The molecular weight excluding hydrogens is 474 g/mol. The van der Waals surface area contributed by atoms with Gasteiger partial charge in [0, 0.05) is 19.2 Å². The van der Waals surface area contributed by atoms with Gasteiger partial charge in [-0.1, -0.05) is 24.3 Å². The summed E-state index contributed by atoms with van der Waals surface area (Å²) >= 11 is 0. The zero-order valence-electron chi connectivity index (χ0n) is 20.0. The maximum Gasteiger partial charge on any atom is 0.263 e. The topological polar surface area (TPSA) is 134 Å². The van der Waals surface area contributed by atoms with Gasteiger partial charge in [0.15, 0.2) is 5.03 Å². The maximum atomic E-state index is 13.7. The van der Waals surface area contributed by atoms with Gasteiger partial charge in [-0.25, -0.2) is 8.42 Å². The number of methoxy groups -OCH3 is 2. The van der Waals surface area contributed by atoms with Crippen molar-refractivity contribution in [3.8, 4) is 11.5 Å². The van der Waals surface area contributed by atoms with Crippen molar-refractivity contribution in [1.29, 1.82) is 0 Å². The van der Waals surface area contributed by atoms with E-state index < -0.39 is 38.9 Å². The molecule has 0 unspecified atom stereocenters. The third-order valence-corrected chi connectivity index (χ3v) is 7.16. The summed E-state index contributed by atoms with van der Waals surface area (Å²) in [4.78, 5) is 11.7. The molecule has 1 N–H and O–H groups in total. The molecule has 0 aliphatic heterocycles. The Morgan fingerprint density at radius 2 is 1.46 bits per heavy atom. The van der Waals surface area contributed by atoms with Crippen LogP contribution < -0.4 is 14.6 Å². The number of aromatic nitrogens is 2. The molecule has 0 saturated carbocycles. The van der Waals surface area contributed by atoms with E-state index in [9.17, 15) is 23.4 Å². The number of hydrogen-bond acceptors (Lipinski definition) is 8. The molecule has 35 heavy (non-hydrogen) atoms. The molecule has 11 heteroatoms. The van der Waals surface area contributed by atoms with Crippen LogP contribution in [0.3, 0.4) is 0 Å². The van der Waals surface area contributed by atoms with Gasteiger partial charge in [0.25, 0.3) is 10.0 Å². The molecule has 188 valence electrons. The highest BCUT2D eigenvalue weighted by atomic mass is 32.2. The van der Waals surface area contributed by atoms with Gasteiger partial charge in [0.2, 0.25) is 0 Å². The average molecular weight is 503 g/mol. The molecule has 0 aliphatic carbocycles. The lowest BCUT2D eigenvalue weighted by Crippen LogP contribution is -2.37. The van der Waals surface area contributed by atoms with Gasteiger partial charge in [-0.15, -0.1) is 0 Å². The Hall–Kier alpha value is -3.41. The summed E-state index contributed by atoms with van der Waals surface area (Å²) in [6.07, 6.45) is 0. The van der Waals surface area contributed by atoms with E-state index in [-0.39, 0.29) is 13.1 Å². The van der Waals surface area contributed by atoms with E-state index >= 15 is 0 Å².